The van der Waals surface area contributed by atoms with Gasteiger partial charge in [0.2, 0.25) is 5.13 Å². The second-order valence-electron chi connectivity index (χ2n) is 6.41. The van der Waals surface area contributed by atoms with Gasteiger partial charge in [0.05, 0.1) is 22.4 Å². The van der Waals surface area contributed by atoms with Crippen LogP contribution < -0.4 is 5.32 Å². The maximum Gasteiger partial charge on any atom is 0.257 e. The number of rotatable bonds is 5. The van der Waals surface area contributed by atoms with Crippen LogP contribution in [-0.2, 0) is 5.75 Å². The van der Waals surface area contributed by atoms with Crippen LogP contribution in [0, 0.1) is 13.8 Å². The third-order valence-corrected chi connectivity index (χ3v) is 7.07. The minimum absolute atomic E-state index is 0.279. The fourth-order valence-corrected chi connectivity index (χ4v) is 5.15. The number of carbonyl (C=O) groups excluding carboxylic acids is 1. The van der Waals surface area contributed by atoms with Gasteiger partial charge >= 0.3 is 0 Å². The average molecular weight is 476 g/mol. The number of nitrogens with zero attached hydrogens (tertiary/aromatic N) is 4. The summed E-state index contributed by atoms with van der Waals surface area (Å²) in [6.45, 7) is 3.80. The first kappa shape index (κ1) is 21.0. The van der Waals surface area contributed by atoms with Gasteiger partial charge in [0.25, 0.3) is 5.91 Å². The molecule has 10 heteroatoms. The summed E-state index contributed by atoms with van der Waals surface area (Å²) in [5.74, 6) is 0.280. The van der Waals surface area contributed by atoms with Crippen molar-refractivity contribution in [2.45, 2.75) is 23.9 Å². The predicted molar refractivity (Wildman–Crippen MR) is 123 cm³/mol. The molecule has 4 aromatic rings. The van der Waals surface area contributed by atoms with Gasteiger partial charge in [-0.3, -0.25) is 10.1 Å². The van der Waals surface area contributed by atoms with E-state index in [0.717, 1.165) is 22.5 Å². The SMILES string of the molecule is Cc1nc2ccc(C(=O)Nc3nnc(SCc4c(Cl)cccc4Cl)s3)cc2nc1C. The van der Waals surface area contributed by atoms with Crippen molar-refractivity contribution in [3.05, 3.63) is 69.0 Å². The molecule has 30 heavy (non-hydrogen) atoms. The molecule has 2 aromatic heterocycles. The van der Waals surface area contributed by atoms with Gasteiger partial charge in [-0.15, -0.1) is 10.2 Å². The first-order valence-electron chi connectivity index (χ1n) is 8.86. The number of halogens is 2. The van der Waals surface area contributed by atoms with E-state index in [1.165, 1.54) is 23.1 Å². The van der Waals surface area contributed by atoms with Gasteiger partial charge in [0, 0.05) is 21.4 Å². The quantitative estimate of drug-likeness (QED) is 0.283. The van der Waals surface area contributed by atoms with Gasteiger partial charge < -0.3 is 0 Å². The van der Waals surface area contributed by atoms with E-state index in [1.807, 2.05) is 13.8 Å². The van der Waals surface area contributed by atoms with Crippen molar-refractivity contribution in [3.63, 3.8) is 0 Å². The Morgan fingerprint density at radius 1 is 1.03 bits per heavy atom. The molecular weight excluding hydrogens is 461 g/mol. The third-order valence-electron chi connectivity index (χ3n) is 4.37. The molecule has 152 valence electrons. The highest BCUT2D eigenvalue weighted by molar-refractivity contribution is 8.00. The first-order valence-corrected chi connectivity index (χ1v) is 11.4. The number of anilines is 1. The Kier molecular flexibility index (Phi) is 6.19. The number of thioether (sulfide) groups is 1. The molecule has 2 aromatic carbocycles. The molecule has 1 N–H and O–H groups in total. The third kappa shape index (κ3) is 4.57. The molecular formula is C20H15Cl2N5OS2. The van der Waals surface area contributed by atoms with E-state index in [1.54, 1.807) is 36.4 Å². The largest absolute Gasteiger partial charge is 0.296 e. The number of benzene rings is 2. The van der Waals surface area contributed by atoms with Crippen molar-refractivity contribution in [2.75, 3.05) is 5.32 Å². The summed E-state index contributed by atoms with van der Waals surface area (Å²) >= 11 is 15.1. The van der Waals surface area contributed by atoms with E-state index < -0.39 is 0 Å². The molecule has 0 aliphatic heterocycles. The number of fused-ring (bicyclic) bond motifs is 1. The van der Waals surface area contributed by atoms with Crippen molar-refractivity contribution in [1.82, 2.24) is 20.2 Å². The second-order valence-corrected chi connectivity index (χ2v) is 9.43. The van der Waals surface area contributed by atoms with E-state index in [0.29, 0.717) is 36.3 Å². The molecule has 0 bridgehead atoms. The van der Waals surface area contributed by atoms with Crippen LogP contribution in [0.15, 0.2) is 40.7 Å². The number of hydrogen-bond donors (Lipinski definition) is 1. The van der Waals surface area contributed by atoms with Crippen molar-refractivity contribution in [1.29, 1.82) is 0 Å². The molecule has 6 nitrogen and oxygen atoms in total. The van der Waals surface area contributed by atoms with E-state index >= 15 is 0 Å². The fraction of sp³-hybridized carbons (Fsp3) is 0.150. The van der Waals surface area contributed by atoms with Crippen LogP contribution >= 0.6 is 46.3 Å². The number of hydrogen-bond acceptors (Lipinski definition) is 7. The van der Waals surface area contributed by atoms with Crippen molar-refractivity contribution in [3.8, 4) is 0 Å². The lowest BCUT2D eigenvalue weighted by atomic mass is 10.1. The maximum absolute atomic E-state index is 12.6. The number of aryl methyl sites for hydroxylation is 2. The molecule has 0 aliphatic carbocycles. The topological polar surface area (TPSA) is 80.7 Å². The summed E-state index contributed by atoms with van der Waals surface area (Å²) in [6, 6.07) is 10.6. The zero-order chi connectivity index (χ0) is 21.3. The normalized spacial score (nSPS) is 11.1. The lowest BCUT2D eigenvalue weighted by Gasteiger charge is -2.05. The van der Waals surface area contributed by atoms with Crippen LogP contribution in [0.4, 0.5) is 5.13 Å². The summed E-state index contributed by atoms with van der Waals surface area (Å²) in [5.41, 5.74) is 4.46. The lowest BCUT2D eigenvalue weighted by molar-refractivity contribution is 0.102. The van der Waals surface area contributed by atoms with Crippen molar-refractivity contribution < 1.29 is 4.79 Å². The molecule has 0 unspecified atom stereocenters. The summed E-state index contributed by atoms with van der Waals surface area (Å²) < 4.78 is 0.705. The summed E-state index contributed by atoms with van der Waals surface area (Å²) in [5, 5.41) is 12.6. The number of carbonyl (C=O) groups is 1. The number of nitrogens with one attached hydrogen (secondary N) is 1. The van der Waals surface area contributed by atoms with Crippen LogP contribution in [0.2, 0.25) is 10.0 Å². The Labute approximate surface area is 191 Å². The fourth-order valence-electron chi connectivity index (χ4n) is 2.66. The van der Waals surface area contributed by atoms with Gasteiger partial charge in [-0.2, -0.15) is 0 Å². The monoisotopic (exact) mass is 475 g/mol. The van der Waals surface area contributed by atoms with Gasteiger partial charge in [-0.1, -0.05) is 52.4 Å². The Morgan fingerprint density at radius 2 is 1.73 bits per heavy atom. The first-order chi connectivity index (χ1) is 14.4. The van der Waals surface area contributed by atoms with Crippen LogP contribution in [0.3, 0.4) is 0 Å². The summed E-state index contributed by atoms with van der Waals surface area (Å²) in [7, 11) is 0. The maximum atomic E-state index is 12.6. The highest BCUT2D eigenvalue weighted by atomic mass is 35.5. The highest BCUT2D eigenvalue weighted by Gasteiger charge is 2.13. The second kappa shape index (κ2) is 8.85. The molecule has 0 radical (unpaired) electrons. The van der Waals surface area contributed by atoms with Gasteiger partial charge in [0.15, 0.2) is 4.34 Å². The zero-order valence-electron chi connectivity index (χ0n) is 15.9. The highest BCUT2D eigenvalue weighted by Crippen LogP contribution is 2.33. The molecule has 0 atom stereocenters. The smallest absolute Gasteiger partial charge is 0.257 e. The molecule has 2 heterocycles. The Bertz CT molecular complexity index is 1240. The minimum Gasteiger partial charge on any atom is -0.296 e. The van der Waals surface area contributed by atoms with E-state index in [4.69, 9.17) is 23.2 Å². The van der Waals surface area contributed by atoms with Crippen LogP contribution in [0.5, 0.6) is 0 Å². The van der Waals surface area contributed by atoms with Crippen LogP contribution in [0.1, 0.15) is 27.3 Å². The molecule has 0 saturated carbocycles. The number of aromatic nitrogens is 4. The minimum atomic E-state index is -0.279. The molecule has 0 saturated heterocycles. The van der Waals surface area contributed by atoms with Gasteiger partial charge in [-0.25, -0.2) is 9.97 Å². The van der Waals surface area contributed by atoms with Crippen molar-refractivity contribution >= 4 is 68.4 Å². The van der Waals surface area contributed by atoms with E-state index in [9.17, 15) is 4.79 Å². The van der Waals surface area contributed by atoms with E-state index in [-0.39, 0.29) is 5.91 Å². The van der Waals surface area contributed by atoms with E-state index in [2.05, 4.69) is 25.5 Å². The lowest BCUT2D eigenvalue weighted by Crippen LogP contribution is -2.11. The van der Waals surface area contributed by atoms with Crippen molar-refractivity contribution in [2.24, 2.45) is 0 Å². The van der Waals surface area contributed by atoms with Crippen LogP contribution in [-0.4, -0.2) is 26.1 Å². The summed E-state index contributed by atoms with van der Waals surface area (Å²) in [4.78, 5) is 21.6. The van der Waals surface area contributed by atoms with Crippen LogP contribution in [0.25, 0.3) is 11.0 Å². The summed E-state index contributed by atoms with van der Waals surface area (Å²) in [6.07, 6.45) is 0. The Hall–Kier alpha value is -2.26. The standard InChI is InChI=1S/C20H15Cl2N5OS2/c1-10-11(2)24-17-8-12(6-7-16(17)23-10)18(28)25-19-26-27-20(30-19)29-9-13-14(21)4-3-5-15(13)22/h3-8H,9H2,1-2H3,(H,25,26,28). The predicted octanol–water partition coefficient (Wildman–Crippen LogP) is 5.95. The Balaban J connectivity index is 1.45. The molecule has 0 aliphatic rings. The molecule has 0 fully saturated rings. The zero-order valence-corrected chi connectivity index (χ0v) is 19.1. The Morgan fingerprint density at radius 3 is 2.47 bits per heavy atom. The van der Waals surface area contributed by atoms with Gasteiger partial charge in [-0.05, 0) is 49.7 Å². The molecule has 4 rings (SSSR count). The molecule has 1 amide bonds. The average Bonchev–Trinajstić information content (AvgIpc) is 3.15. The number of amides is 1. The van der Waals surface area contributed by atoms with Gasteiger partial charge in [0.1, 0.15) is 0 Å². The molecule has 0 spiro atoms.